The second kappa shape index (κ2) is 5.63. The number of hydrogen-bond donors (Lipinski definition) is 1. The van der Waals surface area contributed by atoms with E-state index in [2.05, 4.69) is 21.8 Å². The molecule has 2 aliphatic rings. The summed E-state index contributed by atoms with van der Waals surface area (Å²) >= 11 is 1.40. The summed E-state index contributed by atoms with van der Waals surface area (Å²) in [6.07, 6.45) is 2.92. The van der Waals surface area contributed by atoms with Gasteiger partial charge in [-0.25, -0.2) is 23.5 Å². The fourth-order valence-corrected chi connectivity index (χ4v) is 4.19. The summed E-state index contributed by atoms with van der Waals surface area (Å²) in [5.41, 5.74) is 0.517. The predicted molar refractivity (Wildman–Crippen MR) is 85.5 cm³/mol. The molecule has 0 unspecified atom stereocenters. The number of hydrogen-bond acceptors (Lipinski definition) is 7. The van der Waals surface area contributed by atoms with E-state index < -0.39 is 14.8 Å². The Hall–Kier alpha value is -0.900. The van der Waals surface area contributed by atoms with Gasteiger partial charge in [-0.05, 0) is 26.0 Å². The molecule has 0 bridgehead atoms. The Morgan fingerprint density at radius 2 is 2.18 bits per heavy atom. The van der Waals surface area contributed by atoms with Crippen molar-refractivity contribution in [1.29, 1.82) is 0 Å². The lowest BCUT2D eigenvalue weighted by Gasteiger charge is -2.34. The highest BCUT2D eigenvalue weighted by Gasteiger charge is 2.56. The van der Waals surface area contributed by atoms with Gasteiger partial charge in [0.1, 0.15) is 10.6 Å². The van der Waals surface area contributed by atoms with Gasteiger partial charge in [0, 0.05) is 12.6 Å². The van der Waals surface area contributed by atoms with E-state index >= 15 is 0 Å². The van der Waals surface area contributed by atoms with Crippen molar-refractivity contribution in [2.75, 3.05) is 30.9 Å². The SMILES string of the molecule is CSc1nc(N2CCOC[C@H]2C)cc(C2(S(N)(=O)=O)CC2)n1. The van der Waals surface area contributed by atoms with Crippen LogP contribution in [0.25, 0.3) is 0 Å². The number of primary sulfonamides is 1. The first-order chi connectivity index (χ1) is 10.4. The quantitative estimate of drug-likeness (QED) is 0.634. The molecule has 2 fully saturated rings. The van der Waals surface area contributed by atoms with Gasteiger partial charge < -0.3 is 9.64 Å². The van der Waals surface area contributed by atoms with Gasteiger partial charge in [-0.3, -0.25) is 0 Å². The molecule has 0 spiro atoms. The Morgan fingerprint density at radius 3 is 2.73 bits per heavy atom. The van der Waals surface area contributed by atoms with E-state index in [1.165, 1.54) is 11.8 Å². The number of nitrogens with two attached hydrogens (primary N) is 1. The van der Waals surface area contributed by atoms with Crippen molar-refractivity contribution in [1.82, 2.24) is 9.97 Å². The zero-order chi connectivity index (χ0) is 16.0. The number of morpholine rings is 1. The van der Waals surface area contributed by atoms with Crippen molar-refractivity contribution < 1.29 is 13.2 Å². The summed E-state index contributed by atoms with van der Waals surface area (Å²) in [5.74, 6) is 0.750. The average Bonchev–Trinajstić information content (AvgIpc) is 3.28. The molecule has 1 aromatic heterocycles. The predicted octanol–water partition coefficient (Wildman–Crippen LogP) is 0.701. The van der Waals surface area contributed by atoms with Crippen LogP contribution in [-0.2, 0) is 19.5 Å². The molecule has 1 saturated carbocycles. The molecule has 9 heteroatoms. The molecule has 122 valence electrons. The lowest BCUT2D eigenvalue weighted by atomic mass is 10.2. The first kappa shape index (κ1) is 16.0. The molecule has 1 saturated heterocycles. The topological polar surface area (TPSA) is 98.4 Å². The number of aromatic nitrogens is 2. The summed E-state index contributed by atoms with van der Waals surface area (Å²) in [6.45, 7) is 4.06. The van der Waals surface area contributed by atoms with Gasteiger partial charge in [-0.15, -0.1) is 0 Å². The van der Waals surface area contributed by atoms with E-state index in [0.29, 0.717) is 36.9 Å². The first-order valence-corrected chi connectivity index (χ1v) is 9.95. The molecular weight excluding hydrogens is 324 g/mol. The molecule has 1 aromatic rings. The highest BCUT2D eigenvalue weighted by atomic mass is 32.2. The maximum absolute atomic E-state index is 11.9. The first-order valence-electron chi connectivity index (χ1n) is 7.18. The van der Waals surface area contributed by atoms with Crippen LogP contribution in [0.5, 0.6) is 0 Å². The summed E-state index contributed by atoms with van der Waals surface area (Å²) in [5, 5.41) is 6.00. The molecule has 22 heavy (non-hydrogen) atoms. The highest BCUT2D eigenvalue weighted by Crippen LogP contribution is 2.51. The molecule has 0 amide bonds. The van der Waals surface area contributed by atoms with Gasteiger partial charge >= 0.3 is 0 Å². The van der Waals surface area contributed by atoms with E-state index in [4.69, 9.17) is 9.88 Å². The molecule has 7 nitrogen and oxygen atoms in total. The Morgan fingerprint density at radius 1 is 1.45 bits per heavy atom. The summed E-state index contributed by atoms with van der Waals surface area (Å²) in [7, 11) is -3.67. The largest absolute Gasteiger partial charge is 0.377 e. The minimum Gasteiger partial charge on any atom is -0.377 e. The van der Waals surface area contributed by atoms with Crippen LogP contribution in [0.2, 0.25) is 0 Å². The fourth-order valence-electron chi connectivity index (χ4n) is 2.75. The smallest absolute Gasteiger partial charge is 0.220 e. The number of nitrogens with zero attached hydrogens (tertiary/aromatic N) is 3. The van der Waals surface area contributed by atoms with Gasteiger partial charge in [-0.1, -0.05) is 11.8 Å². The number of anilines is 1. The van der Waals surface area contributed by atoms with Crippen LogP contribution in [0.4, 0.5) is 5.82 Å². The molecule has 1 atom stereocenters. The van der Waals surface area contributed by atoms with Crippen molar-refractivity contribution in [3.8, 4) is 0 Å². The van der Waals surface area contributed by atoms with Crippen LogP contribution in [0.15, 0.2) is 11.2 Å². The third-order valence-electron chi connectivity index (χ3n) is 4.25. The molecule has 1 aliphatic heterocycles. The monoisotopic (exact) mass is 344 g/mol. The number of ether oxygens (including phenoxy) is 1. The summed E-state index contributed by atoms with van der Waals surface area (Å²) in [4.78, 5) is 11.1. The van der Waals surface area contributed by atoms with E-state index in [1.807, 2.05) is 6.26 Å². The summed E-state index contributed by atoms with van der Waals surface area (Å²) in [6, 6.07) is 1.97. The minimum absolute atomic E-state index is 0.191. The maximum Gasteiger partial charge on any atom is 0.220 e. The van der Waals surface area contributed by atoms with E-state index in [9.17, 15) is 8.42 Å². The molecule has 3 rings (SSSR count). The van der Waals surface area contributed by atoms with E-state index in [0.717, 1.165) is 12.4 Å². The Kier molecular flexibility index (Phi) is 4.09. The third-order valence-corrected chi connectivity index (χ3v) is 6.51. The van der Waals surface area contributed by atoms with Crippen LogP contribution in [-0.4, -0.2) is 50.4 Å². The van der Waals surface area contributed by atoms with E-state index in [1.54, 1.807) is 6.07 Å². The number of thioether (sulfide) groups is 1. The fraction of sp³-hybridized carbons (Fsp3) is 0.692. The van der Waals surface area contributed by atoms with Crippen LogP contribution in [0.3, 0.4) is 0 Å². The zero-order valence-electron chi connectivity index (χ0n) is 12.7. The van der Waals surface area contributed by atoms with Gasteiger partial charge in [0.15, 0.2) is 5.16 Å². The standard InChI is InChI=1S/C13H20N4O3S2/c1-9-8-20-6-5-17(9)11-7-10(15-12(16-11)21-2)13(3-4-13)22(14,18)19/h7,9H,3-6,8H2,1-2H3,(H2,14,18,19)/t9-/m1/s1. The molecule has 0 aromatic carbocycles. The van der Waals surface area contributed by atoms with Crippen molar-refractivity contribution in [3.63, 3.8) is 0 Å². The minimum atomic E-state index is -3.67. The van der Waals surface area contributed by atoms with Crippen molar-refractivity contribution in [3.05, 3.63) is 11.8 Å². The average molecular weight is 344 g/mol. The maximum atomic E-state index is 11.9. The van der Waals surface area contributed by atoms with Gasteiger partial charge in [0.05, 0.1) is 24.9 Å². The lowest BCUT2D eigenvalue weighted by molar-refractivity contribution is 0.0984. The van der Waals surface area contributed by atoms with E-state index in [-0.39, 0.29) is 6.04 Å². The lowest BCUT2D eigenvalue weighted by Crippen LogP contribution is -2.44. The van der Waals surface area contributed by atoms with Crippen LogP contribution < -0.4 is 10.0 Å². The van der Waals surface area contributed by atoms with Crippen molar-refractivity contribution >= 4 is 27.6 Å². The van der Waals surface area contributed by atoms with Gasteiger partial charge in [-0.2, -0.15) is 0 Å². The normalized spacial score (nSPS) is 24.3. The van der Waals surface area contributed by atoms with Crippen molar-refractivity contribution in [2.24, 2.45) is 5.14 Å². The molecule has 2 N–H and O–H groups in total. The molecule has 2 heterocycles. The molecule has 1 aliphatic carbocycles. The Balaban J connectivity index is 2.04. The third kappa shape index (κ3) is 2.70. The Bertz CT molecular complexity index is 676. The van der Waals surface area contributed by atoms with Gasteiger partial charge in [0.2, 0.25) is 10.0 Å². The Labute approximate surface area is 134 Å². The second-order valence-corrected chi connectivity index (χ2v) is 8.40. The molecular formula is C13H20N4O3S2. The molecule has 0 radical (unpaired) electrons. The zero-order valence-corrected chi connectivity index (χ0v) is 14.3. The summed E-state index contributed by atoms with van der Waals surface area (Å²) < 4.78 is 28.3. The van der Waals surface area contributed by atoms with Crippen LogP contribution >= 0.6 is 11.8 Å². The second-order valence-electron chi connectivity index (χ2n) is 5.75. The van der Waals surface area contributed by atoms with Gasteiger partial charge in [0.25, 0.3) is 0 Å². The van der Waals surface area contributed by atoms with Crippen molar-refractivity contribution in [2.45, 2.75) is 35.7 Å². The van der Waals surface area contributed by atoms with Crippen LogP contribution in [0, 0.1) is 0 Å². The van der Waals surface area contributed by atoms with Crippen LogP contribution in [0.1, 0.15) is 25.5 Å². The number of sulfonamides is 1. The number of rotatable bonds is 4. The highest BCUT2D eigenvalue weighted by molar-refractivity contribution is 7.98.